The maximum atomic E-state index is 4.47. The Hall–Kier alpha value is -0.790. The van der Waals surface area contributed by atoms with E-state index in [0.717, 1.165) is 23.7 Å². The molecule has 1 aromatic heterocycles. The van der Waals surface area contributed by atoms with Gasteiger partial charge in [0.05, 0.1) is 5.69 Å². The molecule has 2 heteroatoms. The first-order valence-electron chi connectivity index (χ1n) is 5.11. The molecule has 1 aromatic rings. The van der Waals surface area contributed by atoms with Crippen molar-refractivity contribution in [1.29, 1.82) is 0 Å². The molecule has 1 aliphatic rings. The van der Waals surface area contributed by atoms with Crippen LogP contribution in [0, 0.1) is 17.8 Å². The minimum atomic E-state index is 0.723. The van der Waals surface area contributed by atoms with Crippen molar-refractivity contribution in [2.45, 2.75) is 26.7 Å². The monoisotopic (exact) mass is 178 g/mol. The molecule has 0 spiro atoms. The Morgan fingerprint density at radius 3 is 2.54 bits per heavy atom. The van der Waals surface area contributed by atoms with E-state index in [2.05, 4.69) is 31.9 Å². The van der Waals surface area contributed by atoms with Gasteiger partial charge in [-0.15, -0.1) is 0 Å². The molecule has 1 aliphatic carbocycles. The second kappa shape index (κ2) is 2.86. The fourth-order valence-corrected chi connectivity index (χ4v) is 2.59. The van der Waals surface area contributed by atoms with Gasteiger partial charge in [0.15, 0.2) is 0 Å². The van der Waals surface area contributed by atoms with Crippen molar-refractivity contribution in [3.8, 4) is 0 Å². The quantitative estimate of drug-likeness (QED) is 0.680. The summed E-state index contributed by atoms with van der Waals surface area (Å²) in [5.74, 6) is 3.20. The van der Waals surface area contributed by atoms with Crippen molar-refractivity contribution in [3.05, 3.63) is 18.0 Å². The first kappa shape index (κ1) is 8.79. The Kier molecular flexibility index (Phi) is 1.94. The lowest BCUT2D eigenvalue weighted by Gasteiger charge is -2.00. The third kappa shape index (κ3) is 1.38. The summed E-state index contributed by atoms with van der Waals surface area (Å²) in [5.41, 5.74) is 1.29. The molecule has 0 bridgehead atoms. The molecule has 2 rings (SSSR count). The molecular formula is C11H18N2. The van der Waals surface area contributed by atoms with E-state index in [9.17, 15) is 0 Å². The standard InChI is InChI=1S/C11H18N2/c1-7(2)10-8(3)11(10)9-5-6-13(4)12-9/h5-8,10-11H,1-4H3. The van der Waals surface area contributed by atoms with Crippen molar-refractivity contribution in [2.75, 3.05) is 0 Å². The summed E-state index contributed by atoms with van der Waals surface area (Å²) in [4.78, 5) is 0. The molecule has 0 N–H and O–H groups in total. The molecule has 0 radical (unpaired) electrons. The highest BCUT2D eigenvalue weighted by Crippen LogP contribution is 2.56. The summed E-state index contributed by atoms with van der Waals surface area (Å²) in [6.07, 6.45) is 2.04. The number of rotatable bonds is 2. The topological polar surface area (TPSA) is 17.8 Å². The average molecular weight is 178 g/mol. The van der Waals surface area contributed by atoms with Gasteiger partial charge in [0.2, 0.25) is 0 Å². The lowest BCUT2D eigenvalue weighted by atomic mass is 10.1. The van der Waals surface area contributed by atoms with Gasteiger partial charge in [0.25, 0.3) is 0 Å². The van der Waals surface area contributed by atoms with Gasteiger partial charge in [0, 0.05) is 19.2 Å². The predicted octanol–water partition coefficient (Wildman–Crippen LogP) is 2.43. The van der Waals surface area contributed by atoms with Crippen LogP contribution in [0.1, 0.15) is 32.4 Å². The highest BCUT2D eigenvalue weighted by atomic mass is 15.2. The smallest absolute Gasteiger partial charge is 0.0661 e. The van der Waals surface area contributed by atoms with Gasteiger partial charge in [-0.2, -0.15) is 5.10 Å². The maximum Gasteiger partial charge on any atom is 0.0661 e. The van der Waals surface area contributed by atoms with Crippen molar-refractivity contribution >= 4 is 0 Å². The van der Waals surface area contributed by atoms with Gasteiger partial charge < -0.3 is 0 Å². The lowest BCUT2D eigenvalue weighted by Crippen LogP contribution is -1.94. The minimum Gasteiger partial charge on any atom is -0.276 e. The Morgan fingerprint density at radius 2 is 2.15 bits per heavy atom. The summed E-state index contributed by atoms with van der Waals surface area (Å²) in [7, 11) is 1.99. The second-order valence-corrected chi connectivity index (χ2v) is 4.62. The molecule has 72 valence electrons. The van der Waals surface area contributed by atoms with E-state index in [0.29, 0.717) is 0 Å². The van der Waals surface area contributed by atoms with Crippen LogP contribution in [0.15, 0.2) is 12.3 Å². The Balaban J connectivity index is 2.13. The normalized spacial score (nSPS) is 32.5. The number of aromatic nitrogens is 2. The van der Waals surface area contributed by atoms with E-state index in [1.165, 1.54) is 5.69 Å². The molecule has 0 aliphatic heterocycles. The molecule has 0 saturated heterocycles. The molecule has 0 aromatic carbocycles. The number of nitrogens with zero attached hydrogens (tertiary/aromatic N) is 2. The fourth-order valence-electron chi connectivity index (χ4n) is 2.59. The van der Waals surface area contributed by atoms with Gasteiger partial charge in [-0.05, 0) is 23.8 Å². The Labute approximate surface area is 80.0 Å². The van der Waals surface area contributed by atoms with Crippen molar-refractivity contribution in [2.24, 2.45) is 24.8 Å². The molecule has 13 heavy (non-hydrogen) atoms. The lowest BCUT2D eigenvalue weighted by molar-refractivity contribution is 0.522. The Morgan fingerprint density at radius 1 is 1.46 bits per heavy atom. The zero-order valence-corrected chi connectivity index (χ0v) is 8.86. The number of hydrogen-bond donors (Lipinski definition) is 0. The van der Waals surface area contributed by atoms with Crippen LogP contribution in [0.4, 0.5) is 0 Å². The van der Waals surface area contributed by atoms with Gasteiger partial charge in [-0.3, -0.25) is 4.68 Å². The van der Waals surface area contributed by atoms with Crippen LogP contribution in [-0.4, -0.2) is 9.78 Å². The zero-order chi connectivity index (χ0) is 9.59. The molecule has 2 nitrogen and oxygen atoms in total. The highest BCUT2D eigenvalue weighted by Gasteiger charge is 2.50. The largest absolute Gasteiger partial charge is 0.276 e. The summed E-state index contributed by atoms with van der Waals surface area (Å²) >= 11 is 0. The van der Waals surface area contributed by atoms with E-state index in [-0.39, 0.29) is 0 Å². The van der Waals surface area contributed by atoms with Crippen LogP contribution in [0.25, 0.3) is 0 Å². The fraction of sp³-hybridized carbons (Fsp3) is 0.727. The average Bonchev–Trinajstić information content (AvgIpc) is 2.51. The Bertz CT molecular complexity index is 301. The summed E-state index contributed by atoms with van der Waals surface area (Å²) < 4.78 is 1.90. The minimum absolute atomic E-state index is 0.723. The van der Waals surface area contributed by atoms with E-state index in [1.54, 1.807) is 0 Å². The number of hydrogen-bond acceptors (Lipinski definition) is 1. The van der Waals surface area contributed by atoms with Crippen LogP contribution in [0.2, 0.25) is 0 Å². The van der Waals surface area contributed by atoms with E-state index in [1.807, 2.05) is 17.9 Å². The molecule has 1 saturated carbocycles. The van der Waals surface area contributed by atoms with E-state index < -0.39 is 0 Å². The molecular weight excluding hydrogens is 160 g/mol. The maximum absolute atomic E-state index is 4.47. The van der Waals surface area contributed by atoms with Gasteiger partial charge in [-0.1, -0.05) is 20.8 Å². The zero-order valence-electron chi connectivity index (χ0n) is 8.86. The SMILES string of the molecule is CC(C)C1C(C)C1c1ccn(C)n1. The van der Waals surface area contributed by atoms with Crippen LogP contribution in [0.5, 0.6) is 0 Å². The number of aryl methyl sites for hydroxylation is 1. The van der Waals surface area contributed by atoms with Gasteiger partial charge in [-0.25, -0.2) is 0 Å². The molecule has 1 heterocycles. The third-order valence-electron chi connectivity index (χ3n) is 3.29. The van der Waals surface area contributed by atoms with Crippen LogP contribution < -0.4 is 0 Å². The van der Waals surface area contributed by atoms with Crippen LogP contribution >= 0.6 is 0 Å². The highest BCUT2D eigenvalue weighted by molar-refractivity contribution is 5.20. The van der Waals surface area contributed by atoms with Crippen LogP contribution in [0.3, 0.4) is 0 Å². The second-order valence-electron chi connectivity index (χ2n) is 4.62. The summed E-state index contributed by atoms with van der Waals surface area (Å²) in [5, 5.41) is 4.47. The predicted molar refractivity (Wildman–Crippen MR) is 53.4 cm³/mol. The molecule has 3 atom stereocenters. The van der Waals surface area contributed by atoms with Crippen molar-refractivity contribution in [1.82, 2.24) is 9.78 Å². The van der Waals surface area contributed by atoms with E-state index in [4.69, 9.17) is 0 Å². The first-order chi connectivity index (χ1) is 6.11. The summed E-state index contributed by atoms with van der Waals surface area (Å²) in [6.45, 7) is 6.96. The van der Waals surface area contributed by atoms with Gasteiger partial charge >= 0.3 is 0 Å². The van der Waals surface area contributed by atoms with E-state index >= 15 is 0 Å². The van der Waals surface area contributed by atoms with Crippen molar-refractivity contribution in [3.63, 3.8) is 0 Å². The molecule has 0 amide bonds. The molecule has 3 unspecified atom stereocenters. The van der Waals surface area contributed by atoms with Crippen LogP contribution in [-0.2, 0) is 7.05 Å². The van der Waals surface area contributed by atoms with Gasteiger partial charge in [0.1, 0.15) is 0 Å². The third-order valence-corrected chi connectivity index (χ3v) is 3.29. The summed E-state index contributed by atoms with van der Waals surface area (Å²) in [6, 6.07) is 2.16. The van der Waals surface area contributed by atoms with Crippen molar-refractivity contribution < 1.29 is 0 Å². The molecule has 1 fully saturated rings. The first-order valence-corrected chi connectivity index (χ1v) is 5.11.